The summed E-state index contributed by atoms with van der Waals surface area (Å²) in [5.41, 5.74) is 5.83. The number of nitrogens with two attached hydrogens (primary N) is 1. The Morgan fingerprint density at radius 2 is 2.15 bits per heavy atom. The lowest BCUT2D eigenvalue weighted by molar-refractivity contribution is -0.172. The number of hydrogen-bond donors (Lipinski definition) is 1. The van der Waals surface area contributed by atoms with E-state index in [1.165, 1.54) is 0 Å². The van der Waals surface area contributed by atoms with E-state index in [0.29, 0.717) is 6.61 Å². The summed E-state index contributed by atoms with van der Waals surface area (Å²) in [6, 6.07) is 0. The van der Waals surface area contributed by atoms with Gasteiger partial charge in [0, 0.05) is 5.54 Å². The quantitative estimate of drug-likeness (QED) is 0.655. The maximum Gasteiger partial charge on any atom is 0.312 e. The minimum atomic E-state index is -0.191. The third-order valence-corrected chi connectivity index (χ3v) is 3.42. The Hall–Kier alpha value is -0.570. The van der Waals surface area contributed by atoms with Gasteiger partial charge in [-0.3, -0.25) is 4.79 Å². The Morgan fingerprint density at radius 1 is 1.46 bits per heavy atom. The van der Waals surface area contributed by atoms with Crippen molar-refractivity contribution in [3.8, 4) is 0 Å². The SMILES string of the molecule is CCOC(=O)C12CCCC(N)(C1)C2. The van der Waals surface area contributed by atoms with Crippen molar-refractivity contribution in [3.63, 3.8) is 0 Å². The Morgan fingerprint density at radius 3 is 2.69 bits per heavy atom. The number of carbonyl (C=O) groups excluding carboxylic acids is 1. The topological polar surface area (TPSA) is 52.3 Å². The van der Waals surface area contributed by atoms with Gasteiger partial charge in [0.15, 0.2) is 0 Å². The van der Waals surface area contributed by atoms with Gasteiger partial charge in [-0.15, -0.1) is 0 Å². The van der Waals surface area contributed by atoms with Crippen LogP contribution in [0, 0.1) is 5.41 Å². The van der Waals surface area contributed by atoms with Gasteiger partial charge in [-0.2, -0.15) is 0 Å². The summed E-state index contributed by atoms with van der Waals surface area (Å²) in [7, 11) is 0. The Labute approximate surface area is 78.6 Å². The van der Waals surface area contributed by atoms with Crippen LogP contribution in [0.1, 0.15) is 39.0 Å². The van der Waals surface area contributed by atoms with Crippen LogP contribution in [0.2, 0.25) is 0 Å². The predicted molar refractivity (Wildman–Crippen MR) is 49.1 cm³/mol. The summed E-state index contributed by atoms with van der Waals surface area (Å²) >= 11 is 0. The van der Waals surface area contributed by atoms with E-state index in [1.54, 1.807) is 0 Å². The van der Waals surface area contributed by atoms with Gasteiger partial charge in [0.25, 0.3) is 0 Å². The van der Waals surface area contributed by atoms with Gasteiger partial charge in [0.1, 0.15) is 0 Å². The van der Waals surface area contributed by atoms with Gasteiger partial charge in [-0.25, -0.2) is 0 Å². The van der Waals surface area contributed by atoms with Crippen LogP contribution in [-0.2, 0) is 9.53 Å². The molecule has 0 heterocycles. The molecular weight excluding hydrogens is 166 g/mol. The molecule has 3 heteroatoms. The predicted octanol–water partition coefficient (Wildman–Crippen LogP) is 1.21. The molecule has 0 amide bonds. The lowest BCUT2D eigenvalue weighted by atomic mass is 9.50. The van der Waals surface area contributed by atoms with Crippen molar-refractivity contribution in [1.29, 1.82) is 0 Å². The first kappa shape index (κ1) is 9.00. The van der Waals surface area contributed by atoms with Crippen molar-refractivity contribution < 1.29 is 9.53 Å². The lowest BCUT2D eigenvalue weighted by Gasteiger charge is -2.57. The highest BCUT2D eigenvalue weighted by Crippen LogP contribution is 2.57. The van der Waals surface area contributed by atoms with Crippen LogP contribution in [0.25, 0.3) is 0 Å². The molecule has 3 aliphatic carbocycles. The summed E-state index contributed by atoms with van der Waals surface area (Å²) in [4.78, 5) is 11.6. The maximum absolute atomic E-state index is 11.6. The molecule has 0 unspecified atom stereocenters. The zero-order valence-electron chi connectivity index (χ0n) is 8.14. The average Bonchev–Trinajstić information content (AvgIpc) is 2.03. The molecule has 2 N–H and O–H groups in total. The van der Waals surface area contributed by atoms with Crippen LogP contribution in [0.3, 0.4) is 0 Å². The second kappa shape index (κ2) is 2.71. The molecule has 0 saturated heterocycles. The summed E-state index contributed by atoms with van der Waals surface area (Å²) < 4.78 is 5.07. The smallest absolute Gasteiger partial charge is 0.312 e. The maximum atomic E-state index is 11.6. The standard InChI is InChI=1S/C10H17NO2/c1-2-13-8(12)9-4-3-5-10(11,6-9)7-9/h2-7,11H2,1H3. The molecule has 2 bridgehead atoms. The second-order valence-electron chi connectivity index (χ2n) is 4.57. The first-order valence-electron chi connectivity index (χ1n) is 5.06. The first-order valence-corrected chi connectivity index (χ1v) is 5.06. The Balaban J connectivity index is 2.03. The molecule has 0 radical (unpaired) electrons. The van der Waals surface area contributed by atoms with E-state index in [4.69, 9.17) is 10.5 Å². The van der Waals surface area contributed by atoms with E-state index in [1.807, 2.05) is 6.92 Å². The highest BCUT2D eigenvalue weighted by Gasteiger charge is 2.60. The molecule has 0 aromatic carbocycles. The summed E-state index contributed by atoms with van der Waals surface area (Å²) in [5, 5.41) is 0. The molecule has 0 aromatic rings. The van der Waals surface area contributed by atoms with Crippen LogP contribution in [-0.4, -0.2) is 18.1 Å². The summed E-state index contributed by atoms with van der Waals surface area (Å²) in [6.45, 7) is 2.34. The molecule has 74 valence electrons. The van der Waals surface area contributed by atoms with Crippen molar-refractivity contribution >= 4 is 5.97 Å². The van der Waals surface area contributed by atoms with Crippen LogP contribution < -0.4 is 5.73 Å². The normalized spacial score (nSPS) is 42.3. The van der Waals surface area contributed by atoms with Crippen molar-refractivity contribution in [2.24, 2.45) is 11.1 Å². The van der Waals surface area contributed by atoms with Crippen molar-refractivity contribution in [2.75, 3.05) is 6.61 Å². The monoisotopic (exact) mass is 183 g/mol. The highest BCUT2D eigenvalue weighted by molar-refractivity contribution is 5.79. The molecule has 0 aromatic heterocycles. The van der Waals surface area contributed by atoms with E-state index in [9.17, 15) is 4.79 Å². The number of hydrogen-bond acceptors (Lipinski definition) is 3. The van der Waals surface area contributed by atoms with Crippen molar-refractivity contribution in [1.82, 2.24) is 0 Å². The molecule has 3 nitrogen and oxygen atoms in total. The van der Waals surface area contributed by atoms with E-state index < -0.39 is 0 Å². The minimum absolute atomic E-state index is 0.0178. The molecule has 13 heavy (non-hydrogen) atoms. The number of fused-ring (bicyclic) bond motifs is 2. The number of carbonyl (C=O) groups is 1. The molecule has 0 atom stereocenters. The number of rotatable bonds is 2. The van der Waals surface area contributed by atoms with Gasteiger partial charge in [-0.1, -0.05) is 6.42 Å². The molecule has 3 aliphatic rings. The van der Waals surface area contributed by atoms with Gasteiger partial charge in [0.2, 0.25) is 0 Å². The fourth-order valence-electron chi connectivity index (χ4n) is 2.96. The van der Waals surface area contributed by atoms with Gasteiger partial charge in [-0.05, 0) is 32.6 Å². The Bertz CT molecular complexity index is 231. The third-order valence-electron chi connectivity index (χ3n) is 3.42. The van der Waals surface area contributed by atoms with E-state index in [0.717, 1.165) is 32.1 Å². The van der Waals surface area contributed by atoms with E-state index >= 15 is 0 Å². The molecule has 0 spiro atoms. The number of ether oxygens (including phenoxy) is 1. The fraction of sp³-hybridized carbons (Fsp3) is 0.900. The Kier molecular flexibility index (Phi) is 1.88. The van der Waals surface area contributed by atoms with Crippen LogP contribution in [0.4, 0.5) is 0 Å². The van der Waals surface area contributed by atoms with Crippen LogP contribution in [0.5, 0.6) is 0 Å². The molecule has 3 fully saturated rings. The summed E-state index contributed by atoms with van der Waals surface area (Å²) in [6.07, 6.45) is 4.83. The zero-order chi connectivity index (χ0) is 9.53. The summed E-state index contributed by atoms with van der Waals surface area (Å²) in [5.74, 6) is -0.0178. The molecule has 3 saturated carbocycles. The van der Waals surface area contributed by atoms with Gasteiger partial charge < -0.3 is 10.5 Å². The van der Waals surface area contributed by atoms with Gasteiger partial charge in [0.05, 0.1) is 12.0 Å². The zero-order valence-corrected chi connectivity index (χ0v) is 8.14. The largest absolute Gasteiger partial charge is 0.466 e. The van der Waals surface area contributed by atoms with Gasteiger partial charge >= 0.3 is 5.97 Å². The van der Waals surface area contributed by atoms with Crippen molar-refractivity contribution in [3.05, 3.63) is 0 Å². The van der Waals surface area contributed by atoms with Crippen LogP contribution in [0.15, 0.2) is 0 Å². The third kappa shape index (κ3) is 1.26. The lowest BCUT2D eigenvalue weighted by Crippen LogP contribution is -2.64. The minimum Gasteiger partial charge on any atom is -0.466 e. The van der Waals surface area contributed by atoms with E-state index in [-0.39, 0.29) is 16.9 Å². The first-order chi connectivity index (χ1) is 6.10. The second-order valence-corrected chi connectivity index (χ2v) is 4.57. The molecule has 3 rings (SSSR count). The highest BCUT2D eigenvalue weighted by atomic mass is 16.5. The molecule has 0 aliphatic heterocycles. The number of esters is 1. The fourth-order valence-corrected chi connectivity index (χ4v) is 2.96. The van der Waals surface area contributed by atoms with Crippen molar-refractivity contribution in [2.45, 2.75) is 44.6 Å². The van der Waals surface area contributed by atoms with E-state index in [2.05, 4.69) is 0 Å². The average molecular weight is 183 g/mol. The van der Waals surface area contributed by atoms with Crippen LogP contribution >= 0.6 is 0 Å². The molecular formula is C10H17NO2.